The Kier molecular flexibility index (Phi) is 5.51. The smallest absolute Gasteiger partial charge is 0.234 e. The fourth-order valence-corrected chi connectivity index (χ4v) is 3.92. The van der Waals surface area contributed by atoms with Crippen LogP contribution in [0.4, 0.5) is 0 Å². The topological polar surface area (TPSA) is 72.5 Å². The van der Waals surface area contributed by atoms with Crippen LogP contribution in [0.5, 0.6) is 11.5 Å². The first-order valence-corrected chi connectivity index (χ1v) is 10.3. The Morgan fingerprint density at radius 1 is 1.17 bits per heavy atom. The molecule has 1 aliphatic heterocycles. The quantitative estimate of drug-likeness (QED) is 0.624. The second-order valence-corrected chi connectivity index (χ2v) is 8.25. The molecule has 2 aromatic carbocycles. The minimum Gasteiger partial charge on any atom is -0.454 e. The number of nitrogens with one attached hydrogen (secondary N) is 2. The van der Waals surface area contributed by atoms with Gasteiger partial charge in [-0.25, -0.2) is 4.98 Å². The summed E-state index contributed by atoms with van der Waals surface area (Å²) in [5.41, 5.74) is 1.61. The molecule has 29 heavy (non-hydrogen) atoms. The zero-order valence-corrected chi connectivity index (χ0v) is 17.2. The van der Waals surface area contributed by atoms with Crippen molar-refractivity contribution in [2.24, 2.45) is 0 Å². The van der Waals surface area contributed by atoms with E-state index in [0.717, 1.165) is 27.6 Å². The molecule has 0 aliphatic carbocycles. The third-order valence-corrected chi connectivity index (χ3v) is 5.76. The van der Waals surface area contributed by atoms with Crippen LogP contribution in [0.1, 0.15) is 36.0 Å². The molecule has 4 rings (SSSR count). The van der Waals surface area contributed by atoms with Crippen molar-refractivity contribution in [2.45, 2.75) is 25.4 Å². The molecule has 0 saturated heterocycles. The highest BCUT2D eigenvalue weighted by Gasteiger charge is 2.25. The molecule has 3 aromatic rings. The summed E-state index contributed by atoms with van der Waals surface area (Å²) in [5, 5.41) is 9.22. The van der Waals surface area contributed by atoms with E-state index in [2.05, 4.69) is 15.6 Å². The summed E-state index contributed by atoms with van der Waals surface area (Å²) in [6.07, 6.45) is 1.75. The molecular weight excluding hydrogens is 386 g/mol. The van der Waals surface area contributed by atoms with Crippen molar-refractivity contribution in [1.29, 1.82) is 0 Å². The van der Waals surface area contributed by atoms with Gasteiger partial charge in [0, 0.05) is 17.1 Å². The highest BCUT2D eigenvalue weighted by atomic mass is 32.1. The van der Waals surface area contributed by atoms with Crippen molar-refractivity contribution < 1.29 is 14.3 Å². The van der Waals surface area contributed by atoms with E-state index in [1.165, 1.54) is 11.3 Å². The third kappa shape index (κ3) is 4.41. The van der Waals surface area contributed by atoms with E-state index in [1.54, 1.807) is 6.20 Å². The second-order valence-electron chi connectivity index (χ2n) is 7.33. The molecular formula is C22H23N3O3S. The Bertz CT molecular complexity index is 974. The molecule has 0 bridgehead atoms. The Balaban J connectivity index is 1.43. The SMILES string of the molecule is CC(C)(NCC(=O)NC(c1ccccc1)c1nccs1)c1ccc2c(c1)OCO2. The Hall–Kier alpha value is -2.90. The van der Waals surface area contributed by atoms with E-state index in [0.29, 0.717) is 0 Å². The molecule has 1 amide bonds. The van der Waals surface area contributed by atoms with Crippen LogP contribution in [-0.2, 0) is 10.3 Å². The number of amides is 1. The van der Waals surface area contributed by atoms with E-state index >= 15 is 0 Å². The summed E-state index contributed by atoms with van der Waals surface area (Å²) >= 11 is 1.53. The van der Waals surface area contributed by atoms with Crippen LogP contribution in [-0.4, -0.2) is 24.2 Å². The summed E-state index contributed by atoms with van der Waals surface area (Å²) in [5.74, 6) is 1.38. The first-order chi connectivity index (χ1) is 14.0. The molecule has 150 valence electrons. The number of rotatable bonds is 7. The number of hydrogen-bond acceptors (Lipinski definition) is 6. The number of carbonyl (C=O) groups excluding carboxylic acids is 1. The Labute approximate surface area is 173 Å². The van der Waals surface area contributed by atoms with Crippen LogP contribution >= 0.6 is 11.3 Å². The average Bonchev–Trinajstić information content (AvgIpc) is 3.42. The first-order valence-electron chi connectivity index (χ1n) is 9.42. The highest BCUT2D eigenvalue weighted by Crippen LogP contribution is 2.35. The van der Waals surface area contributed by atoms with E-state index in [1.807, 2.05) is 67.8 Å². The predicted octanol–water partition coefficient (Wildman–Crippen LogP) is 3.60. The molecule has 7 heteroatoms. The molecule has 1 aliphatic rings. The van der Waals surface area contributed by atoms with Gasteiger partial charge in [-0.15, -0.1) is 11.3 Å². The van der Waals surface area contributed by atoms with Crippen LogP contribution in [0.15, 0.2) is 60.1 Å². The van der Waals surface area contributed by atoms with Crippen molar-refractivity contribution in [2.75, 3.05) is 13.3 Å². The van der Waals surface area contributed by atoms with E-state index < -0.39 is 5.54 Å². The lowest BCUT2D eigenvalue weighted by atomic mass is 9.94. The van der Waals surface area contributed by atoms with Crippen LogP contribution in [0.2, 0.25) is 0 Å². The molecule has 0 saturated carbocycles. The molecule has 0 radical (unpaired) electrons. The maximum atomic E-state index is 12.7. The lowest BCUT2D eigenvalue weighted by molar-refractivity contribution is -0.121. The van der Waals surface area contributed by atoms with Crippen LogP contribution in [0.3, 0.4) is 0 Å². The molecule has 2 N–H and O–H groups in total. The van der Waals surface area contributed by atoms with Gasteiger partial charge in [-0.2, -0.15) is 0 Å². The fraction of sp³-hybridized carbons (Fsp3) is 0.273. The maximum Gasteiger partial charge on any atom is 0.234 e. The summed E-state index contributed by atoms with van der Waals surface area (Å²) in [4.78, 5) is 17.1. The van der Waals surface area contributed by atoms with Crippen LogP contribution < -0.4 is 20.1 Å². The van der Waals surface area contributed by atoms with Gasteiger partial charge in [-0.05, 0) is 37.1 Å². The summed E-state index contributed by atoms with van der Waals surface area (Å²) < 4.78 is 10.8. The number of aromatic nitrogens is 1. The number of thiazole rings is 1. The standard InChI is InChI=1S/C22H23N3O3S/c1-22(2,16-8-9-17-18(12-16)28-14-27-17)24-13-19(26)25-20(21-23-10-11-29-21)15-6-4-3-5-7-15/h3-12,20,24H,13-14H2,1-2H3,(H,25,26). The van der Waals surface area contributed by atoms with Crippen molar-refractivity contribution in [1.82, 2.24) is 15.6 Å². The Morgan fingerprint density at radius 3 is 2.72 bits per heavy atom. The average molecular weight is 410 g/mol. The number of carbonyl (C=O) groups is 1. The van der Waals surface area contributed by atoms with Crippen LogP contribution in [0.25, 0.3) is 0 Å². The van der Waals surface area contributed by atoms with E-state index in [-0.39, 0.29) is 25.3 Å². The third-order valence-electron chi connectivity index (χ3n) is 4.92. The van der Waals surface area contributed by atoms with Gasteiger partial charge in [0.1, 0.15) is 11.0 Å². The van der Waals surface area contributed by atoms with Gasteiger partial charge < -0.3 is 14.8 Å². The number of ether oxygens (including phenoxy) is 2. The molecule has 0 fully saturated rings. The van der Waals surface area contributed by atoms with E-state index in [9.17, 15) is 4.79 Å². The Morgan fingerprint density at radius 2 is 1.97 bits per heavy atom. The van der Waals surface area contributed by atoms with Crippen molar-refractivity contribution in [3.8, 4) is 11.5 Å². The van der Waals surface area contributed by atoms with Gasteiger partial charge in [0.05, 0.1) is 6.54 Å². The fourth-order valence-electron chi connectivity index (χ4n) is 3.21. The number of fused-ring (bicyclic) bond motifs is 1. The minimum absolute atomic E-state index is 0.0946. The molecule has 0 spiro atoms. The lowest BCUT2D eigenvalue weighted by Crippen LogP contribution is -2.44. The van der Waals surface area contributed by atoms with Crippen LogP contribution in [0, 0.1) is 0 Å². The second kappa shape index (κ2) is 8.23. The zero-order valence-electron chi connectivity index (χ0n) is 16.3. The van der Waals surface area contributed by atoms with Crippen molar-refractivity contribution in [3.05, 3.63) is 76.2 Å². The van der Waals surface area contributed by atoms with Gasteiger partial charge in [-0.3, -0.25) is 10.1 Å². The van der Waals surface area contributed by atoms with Gasteiger partial charge in [0.25, 0.3) is 0 Å². The maximum absolute atomic E-state index is 12.7. The summed E-state index contributed by atoms with van der Waals surface area (Å²) in [6, 6.07) is 15.4. The molecule has 2 heterocycles. The number of benzene rings is 2. The summed E-state index contributed by atoms with van der Waals surface area (Å²) in [7, 11) is 0. The number of nitrogens with zero attached hydrogens (tertiary/aromatic N) is 1. The molecule has 6 nitrogen and oxygen atoms in total. The van der Waals surface area contributed by atoms with Gasteiger partial charge in [-0.1, -0.05) is 36.4 Å². The normalized spacial score (nSPS) is 13.9. The first kappa shape index (κ1) is 19.4. The monoisotopic (exact) mass is 409 g/mol. The summed E-state index contributed by atoms with van der Waals surface area (Å²) in [6.45, 7) is 4.49. The minimum atomic E-state index is -0.415. The van der Waals surface area contributed by atoms with E-state index in [4.69, 9.17) is 9.47 Å². The molecule has 1 unspecified atom stereocenters. The largest absolute Gasteiger partial charge is 0.454 e. The van der Waals surface area contributed by atoms with Crippen molar-refractivity contribution in [3.63, 3.8) is 0 Å². The highest BCUT2D eigenvalue weighted by molar-refractivity contribution is 7.09. The molecule has 1 atom stereocenters. The number of hydrogen-bond donors (Lipinski definition) is 2. The van der Waals surface area contributed by atoms with Crippen molar-refractivity contribution >= 4 is 17.2 Å². The van der Waals surface area contributed by atoms with Gasteiger partial charge >= 0.3 is 0 Å². The predicted molar refractivity (Wildman–Crippen MR) is 112 cm³/mol. The lowest BCUT2D eigenvalue weighted by Gasteiger charge is -2.27. The van der Waals surface area contributed by atoms with Gasteiger partial charge in [0.15, 0.2) is 11.5 Å². The van der Waals surface area contributed by atoms with Gasteiger partial charge in [0.2, 0.25) is 12.7 Å². The molecule has 1 aromatic heterocycles. The zero-order chi connectivity index (χ0) is 20.3.